The van der Waals surface area contributed by atoms with E-state index >= 15 is 0 Å². The number of aryl methyl sites for hydroxylation is 1. The molecule has 110 valence electrons. The number of methoxy groups -OCH3 is 1. The van der Waals surface area contributed by atoms with Gasteiger partial charge in [0.05, 0.1) is 12.5 Å². The SMILES string of the molecule is COc1c(C)cc(Br)c(C)c1C(Cl)C1Cc2ccccc21. The van der Waals surface area contributed by atoms with Crippen molar-refractivity contribution in [2.45, 2.75) is 31.6 Å². The van der Waals surface area contributed by atoms with Crippen LogP contribution in [0.1, 0.15) is 39.1 Å². The van der Waals surface area contributed by atoms with E-state index in [4.69, 9.17) is 16.3 Å². The zero-order valence-electron chi connectivity index (χ0n) is 12.4. The lowest BCUT2D eigenvalue weighted by Crippen LogP contribution is -2.22. The largest absolute Gasteiger partial charge is 0.496 e. The lowest BCUT2D eigenvalue weighted by molar-refractivity contribution is 0.401. The third-order valence-corrected chi connectivity index (χ3v) is 5.78. The first-order valence-electron chi connectivity index (χ1n) is 7.10. The van der Waals surface area contributed by atoms with Crippen LogP contribution in [0.4, 0.5) is 0 Å². The summed E-state index contributed by atoms with van der Waals surface area (Å²) in [5, 5.41) is -0.0638. The topological polar surface area (TPSA) is 9.23 Å². The Morgan fingerprint density at radius 2 is 2.00 bits per heavy atom. The Morgan fingerprint density at radius 1 is 1.29 bits per heavy atom. The summed E-state index contributed by atoms with van der Waals surface area (Å²) in [5.41, 5.74) is 6.18. The van der Waals surface area contributed by atoms with Crippen molar-refractivity contribution in [3.8, 4) is 5.75 Å². The average Bonchev–Trinajstić information content (AvgIpc) is 2.43. The molecule has 0 aromatic heterocycles. The van der Waals surface area contributed by atoms with Crippen LogP contribution in [-0.4, -0.2) is 7.11 Å². The minimum atomic E-state index is -0.0638. The molecule has 3 heteroatoms. The highest BCUT2D eigenvalue weighted by Crippen LogP contribution is 2.51. The second-order valence-electron chi connectivity index (χ2n) is 5.66. The predicted octanol–water partition coefficient (Wildman–Crippen LogP) is 5.69. The zero-order chi connectivity index (χ0) is 15.1. The van der Waals surface area contributed by atoms with E-state index in [1.807, 2.05) is 0 Å². The fraction of sp³-hybridized carbons (Fsp3) is 0.333. The summed E-state index contributed by atoms with van der Waals surface area (Å²) in [6, 6.07) is 10.6. The van der Waals surface area contributed by atoms with Crippen LogP contribution in [0.2, 0.25) is 0 Å². The molecule has 3 rings (SSSR count). The third kappa shape index (κ3) is 2.39. The van der Waals surface area contributed by atoms with Crippen molar-refractivity contribution in [2.24, 2.45) is 0 Å². The van der Waals surface area contributed by atoms with Gasteiger partial charge in [0.2, 0.25) is 0 Å². The van der Waals surface area contributed by atoms with Crippen LogP contribution >= 0.6 is 27.5 Å². The molecule has 0 heterocycles. The Morgan fingerprint density at radius 3 is 2.67 bits per heavy atom. The van der Waals surface area contributed by atoms with Crippen LogP contribution in [0.15, 0.2) is 34.8 Å². The van der Waals surface area contributed by atoms with Gasteiger partial charge in [0, 0.05) is 16.0 Å². The molecule has 2 aromatic rings. The van der Waals surface area contributed by atoms with E-state index in [1.54, 1.807) is 7.11 Å². The zero-order valence-corrected chi connectivity index (χ0v) is 14.8. The quantitative estimate of drug-likeness (QED) is 0.634. The molecule has 1 nitrogen and oxygen atoms in total. The van der Waals surface area contributed by atoms with Crippen molar-refractivity contribution in [3.63, 3.8) is 0 Å². The molecule has 0 aliphatic heterocycles. The molecule has 21 heavy (non-hydrogen) atoms. The van der Waals surface area contributed by atoms with E-state index in [-0.39, 0.29) is 5.38 Å². The van der Waals surface area contributed by atoms with Crippen LogP contribution in [0, 0.1) is 13.8 Å². The first-order valence-corrected chi connectivity index (χ1v) is 8.33. The molecule has 0 saturated heterocycles. The number of alkyl halides is 1. The van der Waals surface area contributed by atoms with Crippen LogP contribution < -0.4 is 4.74 Å². The lowest BCUT2D eigenvalue weighted by atomic mass is 9.73. The van der Waals surface area contributed by atoms with E-state index in [1.165, 1.54) is 16.7 Å². The summed E-state index contributed by atoms with van der Waals surface area (Å²) in [6.07, 6.45) is 1.04. The van der Waals surface area contributed by atoms with Crippen molar-refractivity contribution in [1.29, 1.82) is 0 Å². The number of benzene rings is 2. The van der Waals surface area contributed by atoms with Gasteiger partial charge < -0.3 is 4.74 Å². The molecule has 0 saturated carbocycles. The molecule has 2 unspecified atom stereocenters. The summed E-state index contributed by atoms with van der Waals surface area (Å²) in [7, 11) is 1.72. The molecule has 0 bridgehead atoms. The molecule has 0 fully saturated rings. The number of hydrogen-bond donors (Lipinski definition) is 0. The van der Waals surface area contributed by atoms with Crippen LogP contribution in [0.25, 0.3) is 0 Å². The van der Waals surface area contributed by atoms with E-state index in [0.29, 0.717) is 5.92 Å². The van der Waals surface area contributed by atoms with Gasteiger partial charge in [-0.2, -0.15) is 0 Å². The molecular formula is C18H18BrClO. The van der Waals surface area contributed by atoms with Crippen LogP contribution in [0.5, 0.6) is 5.75 Å². The number of hydrogen-bond acceptors (Lipinski definition) is 1. The third-order valence-electron chi connectivity index (χ3n) is 4.44. The van der Waals surface area contributed by atoms with Gasteiger partial charge in [-0.05, 0) is 48.6 Å². The van der Waals surface area contributed by atoms with E-state index in [0.717, 1.165) is 27.8 Å². The summed E-state index contributed by atoms with van der Waals surface area (Å²) < 4.78 is 6.73. The Hall–Kier alpha value is -0.990. The van der Waals surface area contributed by atoms with Gasteiger partial charge in [0.15, 0.2) is 0 Å². The van der Waals surface area contributed by atoms with Gasteiger partial charge in [-0.25, -0.2) is 0 Å². The highest BCUT2D eigenvalue weighted by molar-refractivity contribution is 9.10. The normalized spacial score (nSPS) is 17.9. The van der Waals surface area contributed by atoms with Gasteiger partial charge >= 0.3 is 0 Å². The number of rotatable bonds is 3. The van der Waals surface area contributed by atoms with E-state index < -0.39 is 0 Å². The van der Waals surface area contributed by atoms with Gasteiger partial charge in [-0.1, -0.05) is 40.2 Å². The molecule has 2 atom stereocenters. The summed E-state index contributed by atoms with van der Waals surface area (Å²) in [6.45, 7) is 4.16. The van der Waals surface area contributed by atoms with Crippen molar-refractivity contribution in [3.05, 3.63) is 62.6 Å². The standard InChI is InChI=1S/C18H18BrClO/c1-10-8-15(19)11(2)16(18(10)21-3)17(20)14-9-12-6-4-5-7-13(12)14/h4-8,14,17H,9H2,1-3H3. The molecule has 0 radical (unpaired) electrons. The fourth-order valence-electron chi connectivity index (χ4n) is 3.24. The van der Waals surface area contributed by atoms with Crippen molar-refractivity contribution >= 4 is 27.5 Å². The molecule has 1 aliphatic carbocycles. The van der Waals surface area contributed by atoms with E-state index in [2.05, 4.69) is 60.1 Å². The number of halogens is 2. The number of ether oxygens (including phenoxy) is 1. The van der Waals surface area contributed by atoms with Gasteiger partial charge in [-0.15, -0.1) is 11.6 Å². The van der Waals surface area contributed by atoms with Crippen molar-refractivity contribution < 1.29 is 4.74 Å². The van der Waals surface area contributed by atoms with Crippen molar-refractivity contribution in [2.75, 3.05) is 7.11 Å². The molecule has 1 aliphatic rings. The second kappa shape index (κ2) is 5.66. The minimum absolute atomic E-state index is 0.0638. The van der Waals surface area contributed by atoms with Crippen LogP contribution in [0.3, 0.4) is 0 Å². The van der Waals surface area contributed by atoms with Gasteiger partial charge in [0.25, 0.3) is 0 Å². The Labute approximate surface area is 139 Å². The highest BCUT2D eigenvalue weighted by atomic mass is 79.9. The molecule has 0 N–H and O–H groups in total. The summed E-state index contributed by atoms with van der Waals surface area (Å²) in [4.78, 5) is 0. The maximum absolute atomic E-state index is 6.87. The minimum Gasteiger partial charge on any atom is -0.496 e. The summed E-state index contributed by atoms with van der Waals surface area (Å²) in [5.74, 6) is 1.28. The van der Waals surface area contributed by atoms with Gasteiger partial charge in [-0.3, -0.25) is 0 Å². The Kier molecular flexibility index (Phi) is 4.02. The molecular weight excluding hydrogens is 348 g/mol. The first kappa shape index (κ1) is 14.9. The predicted molar refractivity (Wildman–Crippen MR) is 91.6 cm³/mol. The van der Waals surface area contributed by atoms with E-state index in [9.17, 15) is 0 Å². The monoisotopic (exact) mass is 364 g/mol. The highest BCUT2D eigenvalue weighted by Gasteiger charge is 2.35. The molecule has 0 spiro atoms. The number of fused-ring (bicyclic) bond motifs is 1. The van der Waals surface area contributed by atoms with Crippen molar-refractivity contribution in [1.82, 2.24) is 0 Å². The fourth-order valence-corrected chi connectivity index (χ4v) is 4.28. The average molecular weight is 366 g/mol. The maximum atomic E-state index is 6.87. The smallest absolute Gasteiger partial charge is 0.126 e. The lowest BCUT2D eigenvalue weighted by Gasteiger charge is -2.35. The van der Waals surface area contributed by atoms with Crippen LogP contribution in [-0.2, 0) is 6.42 Å². The summed E-state index contributed by atoms with van der Waals surface area (Å²) >= 11 is 10.5. The Balaban J connectivity index is 2.05. The maximum Gasteiger partial charge on any atom is 0.126 e. The first-order chi connectivity index (χ1) is 10.0. The Bertz CT molecular complexity index is 696. The molecule has 2 aromatic carbocycles. The van der Waals surface area contributed by atoms with Gasteiger partial charge in [0.1, 0.15) is 5.75 Å². The molecule has 0 amide bonds. The second-order valence-corrected chi connectivity index (χ2v) is 6.98.